The Balaban J connectivity index is 2.03. The zero-order chi connectivity index (χ0) is 30.5. The van der Waals surface area contributed by atoms with Crippen LogP contribution in [0.2, 0.25) is 0 Å². The maximum atomic E-state index is 13.7. The van der Waals surface area contributed by atoms with Crippen molar-refractivity contribution in [1.29, 1.82) is 0 Å². The van der Waals surface area contributed by atoms with Crippen molar-refractivity contribution in [2.45, 2.75) is 55.6 Å². The molecule has 3 rings (SSSR count). The molecule has 0 aliphatic heterocycles. The van der Waals surface area contributed by atoms with Gasteiger partial charge in [0.1, 0.15) is 24.9 Å². The van der Waals surface area contributed by atoms with E-state index < -0.39 is 91.2 Å². The monoisotopic (exact) mass is 571 g/mol. The number of hydrogen-bond donors (Lipinski definition) is 7. The van der Waals surface area contributed by atoms with Gasteiger partial charge in [-0.25, -0.2) is 4.79 Å². The highest BCUT2D eigenvalue weighted by Crippen LogP contribution is 2.44. The quantitative estimate of drug-likeness (QED) is 0.0745. The SMILES string of the molecule is CC(=O)N[C@@](C(=O)OCC1c2ccccc2-c2ccccc21)(C(=O)C(=O)[C@@H](N)CCC(N)=O)[C@@H](O)[C@H](O)[C@H](O)CO. The van der Waals surface area contributed by atoms with Crippen molar-refractivity contribution in [2.24, 2.45) is 11.5 Å². The van der Waals surface area contributed by atoms with Gasteiger partial charge in [0.05, 0.1) is 12.6 Å². The molecule has 1 aliphatic rings. The van der Waals surface area contributed by atoms with Gasteiger partial charge in [-0.1, -0.05) is 48.5 Å². The van der Waals surface area contributed by atoms with Crippen LogP contribution in [0.1, 0.15) is 36.8 Å². The van der Waals surface area contributed by atoms with Crippen molar-refractivity contribution in [3.63, 3.8) is 0 Å². The molecule has 2 aromatic carbocycles. The summed E-state index contributed by atoms with van der Waals surface area (Å²) in [6, 6.07) is 12.9. The number of fused-ring (bicyclic) bond motifs is 3. The van der Waals surface area contributed by atoms with E-state index in [2.05, 4.69) is 0 Å². The second-order valence-corrected chi connectivity index (χ2v) is 9.80. The third-order valence-corrected chi connectivity index (χ3v) is 7.01. The summed E-state index contributed by atoms with van der Waals surface area (Å²) in [4.78, 5) is 63.8. The van der Waals surface area contributed by atoms with E-state index in [9.17, 15) is 44.4 Å². The summed E-state index contributed by atoms with van der Waals surface area (Å²) in [5, 5.41) is 42.7. The minimum atomic E-state index is -3.28. The first kappa shape index (κ1) is 31.5. The number of nitrogens with two attached hydrogens (primary N) is 2. The second kappa shape index (κ2) is 13.1. The predicted molar refractivity (Wildman–Crippen MR) is 143 cm³/mol. The van der Waals surface area contributed by atoms with Crippen molar-refractivity contribution in [1.82, 2.24) is 5.32 Å². The molecule has 5 atom stereocenters. The Kier molecular flexibility index (Phi) is 10.1. The number of carbonyl (C=O) groups excluding carboxylic acids is 5. The molecule has 0 aromatic heterocycles. The lowest BCUT2D eigenvalue weighted by atomic mass is 9.79. The normalized spacial score (nSPS) is 16.7. The summed E-state index contributed by atoms with van der Waals surface area (Å²) >= 11 is 0. The predicted octanol–water partition coefficient (Wildman–Crippen LogP) is -1.98. The number of amides is 2. The molecule has 0 bridgehead atoms. The van der Waals surface area contributed by atoms with Crippen molar-refractivity contribution >= 4 is 29.4 Å². The van der Waals surface area contributed by atoms with E-state index in [0.29, 0.717) is 0 Å². The Labute approximate surface area is 235 Å². The number of carbonyl (C=O) groups is 5. The molecule has 1 aliphatic carbocycles. The molecule has 13 heteroatoms. The van der Waals surface area contributed by atoms with E-state index in [4.69, 9.17) is 16.2 Å². The van der Waals surface area contributed by atoms with Crippen LogP contribution in [0.3, 0.4) is 0 Å². The van der Waals surface area contributed by atoms with Gasteiger partial charge >= 0.3 is 5.97 Å². The first-order chi connectivity index (χ1) is 19.4. The van der Waals surface area contributed by atoms with Crippen LogP contribution in [0.15, 0.2) is 48.5 Å². The summed E-state index contributed by atoms with van der Waals surface area (Å²) in [6.45, 7) is -0.647. The highest BCUT2D eigenvalue weighted by molar-refractivity contribution is 6.47. The number of Topliss-reactive ketones (excluding diaryl/α,β-unsaturated/α-hetero) is 2. The molecule has 2 aromatic rings. The molecule has 0 saturated carbocycles. The second-order valence-electron chi connectivity index (χ2n) is 9.80. The van der Waals surface area contributed by atoms with Crippen LogP contribution in [0, 0.1) is 0 Å². The van der Waals surface area contributed by atoms with Gasteiger partial charge in [0.15, 0.2) is 0 Å². The minimum Gasteiger partial charge on any atom is -0.463 e. The summed E-state index contributed by atoms with van der Waals surface area (Å²) < 4.78 is 5.48. The molecule has 0 unspecified atom stereocenters. The maximum Gasteiger partial charge on any atom is 0.343 e. The smallest absolute Gasteiger partial charge is 0.343 e. The molecule has 0 saturated heterocycles. The van der Waals surface area contributed by atoms with Gasteiger partial charge in [-0.3, -0.25) is 19.2 Å². The van der Waals surface area contributed by atoms with Gasteiger partial charge in [-0.15, -0.1) is 0 Å². The molecular formula is C28H33N3O10. The Bertz CT molecular complexity index is 1290. The average molecular weight is 572 g/mol. The van der Waals surface area contributed by atoms with Crippen LogP contribution in [0.25, 0.3) is 11.1 Å². The zero-order valence-electron chi connectivity index (χ0n) is 22.2. The molecule has 9 N–H and O–H groups in total. The van der Waals surface area contributed by atoms with Gasteiger partial charge < -0.3 is 41.9 Å². The largest absolute Gasteiger partial charge is 0.463 e. The molecular weight excluding hydrogens is 538 g/mol. The number of ketones is 2. The van der Waals surface area contributed by atoms with E-state index in [1.807, 2.05) is 41.7 Å². The molecule has 0 fully saturated rings. The van der Waals surface area contributed by atoms with E-state index in [-0.39, 0.29) is 0 Å². The third-order valence-electron chi connectivity index (χ3n) is 7.01. The number of aliphatic hydroxyl groups is 4. The van der Waals surface area contributed by atoms with Gasteiger partial charge in [-0.2, -0.15) is 0 Å². The number of aliphatic hydroxyl groups excluding tert-OH is 4. The molecule has 2 amide bonds. The van der Waals surface area contributed by atoms with Crippen LogP contribution in [0.5, 0.6) is 0 Å². The summed E-state index contributed by atoms with van der Waals surface area (Å²) in [5.74, 6) is -7.32. The lowest BCUT2D eigenvalue weighted by Gasteiger charge is -2.38. The van der Waals surface area contributed by atoms with Gasteiger partial charge in [-0.05, 0) is 28.7 Å². The van der Waals surface area contributed by atoms with Crippen molar-refractivity contribution in [3.05, 3.63) is 59.7 Å². The number of primary amides is 1. The molecule has 0 heterocycles. The first-order valence-corrected chi connectivity index (χ1v) is 12.8. The Morgan fingerprint density at radius 3 is 2.00 bits per heavy atom. The number of hydrogen-bond acceptors (Lipinski definition) is 11. The van der Waals surface area contributed by atoms with Gasteiger partial charge in [0.2, 0.25) is 28.9 Å². The van der Waals surface area contributed by atoms with Crippen molar-refractivity contribution in [3.8, 4) is 11.1 Å². The summed E-state index contributed by atoms with van der Waals surface area (Å²) in [5.41, 5.74) is 10.9. The lowest BCUT2D eigenvalue weighted by Crippen LogP contribution is -2.73. The molecule has 220 valence electrons. The van der Waals surface area contributed by atoms with Gasteiger partial charge in [0.25, 0.3) is 0 Å². The fourth-order valence-corrected chi connectivity index (χ4v) is 4.89. The van der Waals surface area contributed by atoms with E-state index >= 15 is 0 Å². The van der Waals surface area contributed by atoms with Crippen LogP contribution in [-0.4, -0.2) is 92.9 Å². The Hall–Kier alpha value is -4.01. The Morgan fingerprint density at radius 1 is 0.976 bits per heavy atom. The number of esters is 1. The third kappa shape index (κ3) is 6.34. The standard InChI is InChI=1S/C28H33N3O10/c1-14(33)31-28(26(39)24(37)21(34)12-32,25(38)23(36)20(29)10-11-22(30)35)27(40)41-13-19-17-8-4-2-6-15(17)16-7-3-5-9-18(16)19/h2-9,19-21,24,26,32,34,37,39H,10-13,29H2,1H3,(H2,30,35)(H,31,33)/t20-,21+,24+,26-,28-/m0/s1. The molecule has 0 spiro atoms. The molecule has 0 radical (unpaired) electrons. The topological polar surface area (TPSA) is 240 Å². The van der Waals surface area contributed by atoms with Crippen molar-refractivity contribution < 1.29 is 49.1 Å². The minimum absolute atomic E-state index is 0.396. The molecule has 13 nitrogen and oxygen atoms in total. The highest BCUT2D eigenvalue weighted by Gasteiger charge is 2.60. The van der Waals surface area contributed by atoms with Gasteiger partial charge in [0, 0.05) is 19.3 Å². The van der Waals surface area contributed by atoms with E-state index in [1.165, 1.54) is 0 Å². The van der Waals surface area contributed by atoms with E-state index in [1.54, 1.807) is 12.1 Å². The number of rotatable bonds is 14. The zero-order valence-corrected chi connectivity index (χ0v) is 22.2. The fourth-order valence-electron chi connectivity index (χ4n) is 4.89. The molecule has 41 heavy (non-hydrogen) atoms. The van der Waals surface area contributed by atoms with Crippen LogP contribution < -0.4 is 16.8 Å². The number of benzene rings is 2. The van der Waals surface area contributed by atoms with Crippen LogP contribution in [0.4, 0.5) is 0 Å². The number of nitrogens with one attached hydrogen (secondary N) is 1. The number of ether oxygens (including phenoxy) is 1. The summed E-state index contributed by atoms with van der Waals surface area (Å²) in [7, 11) is 0. The van der Waals surface area contributed by atoms with E-state index in [0.717, 1.165) is 29.2 Å². The first-order valence-electron chi connectivity index (χ1n) is 12.8. The Morgan fingerprint density at radius 2 is 1.51 bits per heavy atom. The highest BCUT2D eigenvalue weighted by atomic mass is 16.5. The summed E-state index contributed by atoms with van der Waals surface area (Å²) in [6.07, 6.45) is -7.98. The van der Waals surface area contributed by atoms with Crippen LogP contribution >= 0.6 is 0 Å². The average Bonchev–Trinajstić information content (AvgIpc) is 3.28. The van der Waals surface area contributed by atoms with Crippen molar-refractivity contribution in [2.75, 3.05) is 13.2 Å². The lowest BCUT2D eigenvalue weighted by molar-refractivity contribution is -0.175. The maximum absolute atomic E-state index is 13.7. The van der Waals surface area contributed by atoms with Crippen LogP contribution in [-0.2, 0) is 28.7 Å². The fraction of sp³-hybridized carbons (Fsp3) is 0.393.